The minimum Gasteiger partial charge on any atom is -0.335 e. The van der Waals surface area contributed by atoms with Gasteiger partial charge in [-0.2, -0.15) is 13.2 Å². The van der Waals surface area contributed by atoms with Gasteiger partial charge in [-0.1, -0.05) is 109 Å². The number of thiazole rings is 1. The molecule has 6 rings (SSSR count). The maximum Gasteiger partial charge on any atom is 0.416 e. The first-order valence-corrected chi connectivity index (χ1v) is 16.6. The number of piperazine rings is 1. The smallest absolute Gasteiger partial charge is 0.335 e. The number of nitrogens with zero attached hydrogens (tertiary/aromatic N) is 4. The predicted octanol–water partition coefficient (Wildman–Crippen LogP) is 8.22. The Hall–Kier alpha value is -4.31. The van der Waals surface area contributed by atoms with E-state index in [2.05, 4.69) is 58.3 Å². The van der Waals surface area contributed by atoms with Crippen LogP contribution in [0.3, 0.4) is 0 Å². The second kappa shape index (κ2) is 14.6. The number of alkyl halides is 3. The third-order valence-electron chi connectivity index (χ3n) is 8.51. The molecule has 5 nitrogen and oxygen atoms in total. The van der Waals surface area contributed by atoms with Gasteiger partial charge in [0.25, 0.3) is 5.91 Å². The van der Waals surface area contributed by atoms with Crippen LogP contribution in [0.4, 0.5) is 13.2 Å². The van der Waals surface area contributed by atoms with Gasteiger partial charge in [0.1, 0.15) is 10.7 Å². The van der Waals surface area contributed by atoms with E-state index in [9.17, 15) is 18.0 Å². The molecular weight excluding hydrogens is 618 g/mol. The average molecular weight is 655 g/mol. The van der Waals surface area contributed by atoms with Crippen LogP contribution in [0.25, 0.3) is 0 Å². The summed E-state index contributed by atoms with van der Waals surface area (Å²) in [5.74, 6) is -0.0916. The lowest BCUT2D eigenvalue weighted by atomic mass is 9.96. The second-order valence-corrected chi connectivity index (χ2v) is 13.0. The van der Waals surface area contributed by atoms with Crippen molar-refractivity contribution in [2.24, 2.45) is 0 Å². The normalized spacial score (nSPS) is 14.2. The van der Waals surface area contributed by atoms with Crippen LogP contribution in [-0.2, 0) is 25.8 Å². The number of halogens is 3. The van der Waals surface area contributed by atoms with Crippen molar-refractivity contribution in [3.8, 4) is 0 Å². The summed E-state index contributed by atoms with van der Waals surface area (Å²) in [6.07, 6.45) is -4.40. The molecule has 0 atom stereocenters. The lowest BCUT2D eigenvalue weighted by Gasteiger charge is -2.39. The van der Waals surface area contributed by atoms with Crippen LogP contribution in [0.2, 0.25) is 0 Å². The van der Waals surface area contributed by atoms with Crippen molar-refractivity contribution in [2.75, 3.05) is 26.2 Å². The molecule has 4 aromatic carbocycles. The molecule has 5 aromatic rings. The molecule has 1 fully saturated rings. The fraction of sp³-hybridized carbons (Fsp3) is 0.263. The zero-order chi connectivity index (χ0) is 32.8. The van der Waals surface area contributed by atoms with E-state index in [1.54, 1.807) is 11.4 Å². The minimum atomic E-state index is -4.40. The van der Waals surface area contributed by atoms with Gasteiger partial charge in [0, 0.05) is 44.6 Å². The molecule has 242 valence electrons. The van der Waals surface area contributed by atoms with E-state index in [1.807, 2.05) is 48.2 Å². The van der Waals surface area contributed by atoms with E-state index < -0.39 is 11.7 Å². The Morgan fingerprint density at radius 3 is 2.02 bits per heavy atom. The number of carbonyl (C=O) groups excluding carboxylic acids is 1. The molecule has 0 spiro atoms. The number of amides is 1. The Kier molecular flexibility index (Phi) is 10.2. The van der Waals surface area contributed by atoms with Crippen LogP contribution >= 0.6 is 11.3 Å². The molecule has 9 heteroatoms. The zero-order valence-corrected chi connectivity index (χ0v) is 27.1. The highest BCUT2D eigenvalue weighted by Gasteiger charge is 2.31. The lowest BCUT2D eigenvalue weighted by Crippen LogP contribution is -2.50. The summed E-state index contributed by atoms with van der Waals surface area (Å²) >= 11 is 1.41. The maximum absolute atomic E-state index is 13.6. The summed E-state index contributed by atoms with van der Waals surface area (Å²) in [4.78, 5) is 24.7. The molecule has 0 aliphatic carbocycles. The van der Waals surface area contributed by atoms with Crippen LogP contribution in [0.1, 0.15) is 54.9 Å². The fourth-order valence-corrected chi connectivity index (χ4v) is 6.94. The zero-order valence-electron chi connectivity index (χ0n) is 26.2. The predicted molar refractivity (Wildman–Crippen MR) is 180 cm³/mol. The summed E-state index contributed by atoms with van der Waals surface area (Å²) in [5, 5.41) is 2.55. The van der Waals surface area contributed by atoms with E-state index in [0.29, 0.717) is 44.0 Å². The van der Waals surface area contributed by atoms with Crippen LogP contribution in [0, 0.1) is 6.92 Å². The monoisotopic (exact) mass is 654 g/mol. The lowest BCUT2D eigenvalue weighted by molar-refractivity contribution is -0.137. The van der Waals surface area contributed by atoms with E-state index in [-0.39, 0.29) is 11.9 Å². The van der Waals surface area contributed by atoms with Crippen molar-refractivity contribution in [3.63, 3.8) is 0 Å². The number of benzene rings is 4. The number of carbonyl (C=O) groups is 1. The highest BCUT2D eigenvalue weighted by atomic mass is 32.1. The van der Waals surface area contributed by atoms with Gasteiger partial charge in [-0.25, -0.2) is 4.98 Å². The van der Waals surface area contributed by atoms with Crippen molar-refractivity contribution in [3.05, 3.63) is 159 Å². The summed E-state index contributed by atoms with van der Waals surface area (Å²) < 4.78 is 40.3. The Labute approximate surface area is 277 Å². The Morgan fingerprint density at radius 1 is 0.787 bits per heavy atom. The van der Waals surface area contributed by atoms with Gasteiger partial charge in [-0.3, -0.25) is 14.6 Å². The molecule has 0 saturated carbocycles. The largest absolute Gasteiger partial charge is 0.416 e. The van der Waals surface area contributed by atoms with Crippen LogP contribution < -0.4 is 0 Å². The van der Waals surface area contributed by atoms with E-state index >= 15 is 0 Å². The van der Waals surface area contributed by atoms with Crippen LogP contribution in [-0.4, -0.2) is 51.8 Å². The average Bonchev–Trinajstić information content (AvgIpc) is 3.55. The number of rotatable bonds is 10. The number of aromatic nitrogens is 1. The molecule has 1 amide bonds. The van der Waals surface area contributed by atoms with Crippen molar-refractivity contribution < 1.29 is 18.0 Å². The van der Waals surface area contributed by atoms with Crippen LogP contribution in [0.15, 0.2) is 115 Å². The molecule has 0 unspecified atom stereocenters. The Bertz CT molecular complexity index is 1710. The van der Waals surface area contributed by atoms with Gasteiger partial charge >= 0.3 is 6.18 Å². The van der Waals surface area contributed by atoms with Gasteiger partial charge in [-0.15, -0.1) is 11.3 Å². The standard InChI is InChI=1S/C38H37F3N4OS/c1-28-15-17-29(18-16-28)24-43(25-30-9-8-14-33(23-30)38(39,40)41)26-35-42-34(27-47-35)37(46)45-21-19-44(20-22-45)36(31-10-4-2-5-11-31)32-12-6-3-7-13-32/h2-18,23,27,36H,19-22,24-26H2,1H3. The Morgan fingerprint density at radius 2 is 1.40 bits per heavy atom. The summed E-state index contributed by atoms with van der Waals surface area (Å²) in [6.45, 7) is 5.93. The van der Waals surface area contributed by atoms with Gasteiger partial charge in [0.15, 0.2) is 0 Å². The molecule has 0 bridgehead atoms. The van der Waals surface area contributed by atoms with E-state index in [0.717, 1.165) is 35.3 Å². The van der Waals surface area contributed by atoms with Crippen LogP contribution in [0.5, 0.6) is 0 Å². The first-order valence-electron chi connectivity index (χ1n) is 15.7. The van der Waals surface area contributed by atoms with Crippen molar-refractivity contribution in [1.29, 1.82) is 0 Å². The SMILES string of the molecule is Cc1ccc(CN(Cc2cccc(C(F)(F)F)c2)Cc2nc(C(=O)N3CCN(C(c4ccccc4)c4ccccc4)CC3)cs2)cc1. The number of aryl methyl sites for hydroxylation is 1. The maximum atomic E-state index is 13.6. The molecule has 0 radical (unpaired) electrons. The van der Waals surface area contributed by atoms with Gasteiger partial charge in [-0.05, 0) is 35.2 Å². The molecule has 1 aliphatic heterocycles. The summed E-state index contributed by atoms with van der Waals surface area (Å²) in [5.41, 5.74) is 4.96. The van der Waals surface area contributed by atoms with Gasteiger partial charge in [0.05, 0.1) is 18.2 Å². The quantitative estimate of drug-likeness (QED) is 0.152. The Balaban J connectivity index is 1.13. The highest BCUT2D eigenvalue weighted by Crippen LogP contribution is 2.31. The summed E-state index contributed by atoms with van der Waals surface area (Å²) in [7, 11) is 0. The van der Waals surface area contributed by atoms with Gasteiger partial charge < -0.3 is 4.90 Å². The molecule has 1 aromatic heterocycles. The van der Waals surface area contributed by atoms with E-state index in [4.69, 9.17) is 4.98 Å². The third kappa shape index (κ3) is 8.35. The topological polar surface area (TPSA) is 39.7 Å². The van der Waals surface area contributed by atoms with Crippen molar-refractivity contribution >= 4 is 17.2 Å². The second-order valence-electron chi connectivity index (χ2n) is 12.0. The van der Waals surface area contributed by atoms with E-state index in [1.165, 1.54) is 34.6 Å². The number of hydrogen-bond acceptors (Lipinski definition) is 5. The summed E-state index contributed by atoms with van der Waals surface area (Å²) in [6, 6.07) is 34.6. The first kappa shape index (κ1) is 32.6. The van der Waals surface area contributed by atoms with Gasteiger partial charge in [0.2, 0.25) is 0 Å². The van der Waals surface area contributed by atoms with Crippen molar-refractivity contribution in [1.82, 2.24) is 19.7 Å². The molecule has 0 N–H and O–H groups in total. The molecule has 47 heavy (non-hydrogen) atoms. The fourth-order valence-electron chi connectivity index (χ4n) is 6.13. The molecule has 1 aliphatic rings. The third-order valence-corrected chi connectivity index (χ3v) is 9.35. The number of hydrogen-bond donors (Lipinski definition) is 0. The molecular formula is C38H37F3N4OS. The highest BCUT2D eigenvalue weighted by molar-refractivity contribution is 7.09. The molecule has 2 heterocycles. The first-order chi connectivity index (χ1) is 22.7. The molecule has 1 saturated heterocycles. The minimum absolute atomic E-state index is 0.0916. The van der Waals surface area contributed by atoms with Crippen molar-refractivity contribution in [2.45, 2.75) is 38.8 Å².